The first-order valence-electron chi connectivity index (χ1n) is 9.17. The molecule has 2 atom stereocenters. The predicted octanol–water partition coefficient (Wildman–Crippen LogP) is 2.49. The molecule has 4 rings (SSSR count). The van der Waals surface area contributed by atoms with E-state index in [0.29, 0.717) is 13.1 Å². The van der Waals surface area contributed by atoms with Crippen LogP contribution in [0, 0.1) is 27.4 Å². The van der Waals surface area contributed by atoms with Gasteiger partial charge in [-0.2, -0.15) is 0 Å². The molecule has 3 aliphatic rings. The van der Waals surface area contributed by atoms with E-state index in [9.17, 15) is 19.7 Å². The molecule has 0 aromatic heterocycles. The zero-order valence-corrected chi connectivity index (χ0v) is 15.3. The average molecular weight is 376 g/mol. The molecule has 0 radical (unpaired) electrons. The molecule has 1 amide bonds. The molecule has 1 aromatic rings. The van der Waals surface area contributed by atoms with E-state index in [4.69, 9.17) is 9.47 Å². The van der Waals surface area contributed by atoms with Gasteiger partial charge in [0.2, 0.25) is 6.54 Å². The molecule has 1 saturated carbocycles. The fourth-order valence-corrected chi connectivity index (χ4v) is 4.39. The summed E-state index contributed by atoms with van der Waals surface area (Å²) in [6.45, 7) is 2.63. The highest BCUT2D eigenvalue weighted by atomic mass is 16.6. The fourth-order valence-electron chi connectivity index (χ4n) is 4.39. The van der Waals surface area contributed by atoms with Crippen molar-refractivity contribution in [2.45, 2.75) is 26.4 Å². The number of esters is 1. The second-order valence-electron chi connectivity index (χ2n) is 7.28. The first kappa shape index (κ1) is 19.1. The minimum atomic E-state index is -0.716. The number of fused-ring (bicyclic) bond motifs is 2. The number of ether oxygens (including phenoxy) is 2. The maximum absolute atomic E-state index is 12.4. The molecule has 0 spiro atoms. The third-order valence-corrected chi connectivity index (χ3v) is 5.74. The molecule has 1 aromatic carbocycles. The first-order valence-corrected chi connectivity index (χ1v) is 9.17. The number of rotatable bonds is 7. The van der Waals surface area contributed by atoms with Crippen LogP contribution in [0.4, 0.5) is 4.79 Å². The second kappa shape index (κ2) is 7.94. The van der Waals surface area contributed by atoms with E-state index in [2.05, 4.69) is 0 Å². The van der Waals surface area contributed by atoms with Crippen LogP contribution in [-0.4, -0.2) is 48.1 Å². The van der Waals surface area contributed by atoms with Crippen molar-refractivity contribution < 1.29 is 24.0 Å². The van der Waals surface area contributed by atoms with E-state index in [0.717, 1.165) is 12.0 Å². The van der Waals surface area contributed by atoms with Gasteiger partial charge in [0.25, 0.3) is 0 Å². The third-order valence-electron chi connectivity index (χ3n) is 5.74. The Morgan fingerprint density at radius 1 is 1.22 bits per heavy atom. The molecule has 2 bridgehead atoms. The molecule has 146 valence electrons. The maximum atomic E-state index is 12.4. The highest BCUT2D eigenvalue weighted by Crippen LogP contribution is 2.57. The summed E-state index contributed by atoms with van der Waals surface area (Å²) >= 11 is 0. The number of piperidine rings is 2. The Morgan fingerprint density at radius 3 is 2.48 bits per heavy atom. The second-order valence-corrected chi connectivity index (χ2v) is 7.28. The van der Waals surface area contributed by atoms with E-state index in [1.807, 2.05) is 30.3 Å². The summed E-state index contributed by atoms with van der Waals surface area (Å²) in [5.74, 6) is -0.584. The quantitative estimate of drug-likeness (QED) is 0.412. The van der Waals surface area contributed by atoms with Gasteiger partial charge in [-0.15, -0.1) is 0 Å². The Labute approximate surface area is 157 Å². The van der Waals surface area contributed by atoms with Crippen LogP contribution in [0.25, 0.3) is 0 Å². The van der Waals surface area contributed by atoms with Gasteiger partial charge in [0.15, 0.2) is 0 Å². The van der Waals surface area contributed by atoms with Crippen molar-refractivity contribution >= 4 is 12.1 Å². The average Bonchev–Trinajstić information content (AvgIpc) is 2.66. The highest BCUT2D eigenvalue weighted by Gasteiger charge is 2.63. The topological polar surface area (TPSA) is 99.0 Å². The molecule has 8 nitrogen and oxygen atoms in total. The molecule has 2 saturated heterocycles. The van der Waals surface area contributed by atoms with Crippen molar-refractivity contribution in [3.63, 3.8) is 0 Å². The van der Waals surface area contributed by atoms with Gasteiger partial charge in [-0.3, -0.25) is 14.9 Å². The lowest BCUT2D eigenvalue weighted by Gasteiger charge is -2.59. The largest absolute Gasteiger partial charge is 0.466 e. The van der Waals surface area contributed by atoms with Crippen LogP contribution < -0.4 is 0 Å². The molecule has 27 heavy (non-hydrogen) atoms. The van der Waals surface area contributed by atoms with Crippen molar-refractivity contribution in [2.75, 3.05) is 26.2 Å². The SMILES string of the molecule is CCOC(=O)CC1(C[N+](=O)[O-])C2CC1CN(C(=O)OCc1ccccc1)C2. The number of nitro groups is 1. The number of amides is 1. The zero-order valence-electron chi connectivity index (χ0n) is 15.3. The van der Waals surface area contributed by atoms with Crippen LogP contribution in [0.1, 0.15) is 25.3 Å². The monoisotopic (exact) mass is 376 g/mol. The first-order chi connectivity index (χ1) is 12.9. The number of carbonyl (C=O) groups is 2. The Hall–Kier alpha value is -2.64. The fraction of sp³-hybridized carbons (Fsp3) is 0.579. The van der Waals surface area contributed by atoms with Crippen molar-refractivity contribution in [1.82, 2.24) is 4.90 Å². The van der Waals surface area contributed by atoms with E-state index >= 15 is 0 Å². The van der Waals surface area contributed by atoms with Gasteiger partial charge in [-0.1, -0.05) is 30.3 Å². The maximum Gasteiger partial charge on any atom is 0.410 e. The predicted molar refractivity (Wildman–Crippen MR) is 95.3 cm³/mol. The van der Waals surface area contributed by atoms with E-state index in [1.165, 1.54) is 0 Å². The zero-order chi connectivity index (χ0) is 19.4. The van der Waals surface area contributed by atoms with Crippen LogP contribution >= 0.6 is 0 Å². The highest BCUT2D eigenvalue weighted by molar-refractivity contribution is 5.71. The molecule has 3 fully saturated rings. The summed E-state index contributed by atoms with van der Waals surface area (Å²) in [6, 6.07) is 9.40. The molecular formula is C19H24N2O6. The summed E-state index contributed by atoms with van der Waals surface area (Å²) in [6.07, 6.45) is 0.402. The Balaban J connectivity index is 1.61. The standard InChI is InChI=1S/C19H24N2O6/c1-2-26-17(22)9-19(13-21(24)25)15-8-16(19)11-20(10-15)18(23)27-12-14-6-4-3-5-7-14/h3-7,15-16H,2,8-13H2,1H3. The summed E-state index contributed by atoms with van der Waals surface area (Å²) in [7, 11) is 0. The summed E-state index contributed by atoms with van der Waals surface area (Å²) in [4.78, 5) is 36.8. The molecular weight excluding hydrogens is 352 g/mol. The lowest BCUT2D eigenvalue weighted by Crippen LogP contribution is -2.66. The van der Waals surface area contributed by atoms with Crippen LogP contribution in [0.3, 0.4) is 0 Å². The summed E-state index contributed by atoms with van der Waals surface area (Å²) < 4.78 is 10.4. The summed E-state index contributed by atoms with van der Waals surface area (Å²) in [5, 5.41) is 11.2. The molecule has 2 unspecified atom stereocenters. The van der Waals surface area contributed by atoms with Gasteiger partial charge in [0.1, 0.15) is 6.61 Å². The molecule has 8 heteroatoms. The number of carbonyl (C=O) groups excluding carboxylic acids is 2. The van der Waals surface area contributed by atoms with Crippen LogP contribution in [0.5, 0.6) is 0 Å². The van der Waals surface area contributed by atoms with Crippen LogP contribution in [0.2, 0.25) is 0 Å². The minimum absolute atomic E-state index is 0.0318. The van der Waals surface area contributed by atoms with Crippen LogP contribution in [-0.2, 0) is 20.9 Å². The lowest BCUT2D eigenvalue weighted by atomic mass is 9.49. The van der Waals surface area contributed by atoms with Crippen molar-refractivity contribution in [3.05, 3.63) is 46.0 Å². The smallest absolute Gasteiger partial charge is 0.410 e. The van der Waals surface area contributed by atoms with Crippen molar-refractivity contribution in [1.29, 1.82) is 0 Å². The van der Waals surface area contributed by atoms with Crippen LogP contribution in [0.15, 0.2) is 30.3 Å². The normalized spacial score (nSPS) is 26.0. The third kappa shape index (κ3) is 4.04. The Bertz CT molecular complexity index is 695. The van der Waals surface area contributed by atoms with Gasteiger partial charge in [-0.05, 0) is 30.7 Å². The van der Waals surface area contributed by atoms with Gasteiger partial charge in [0.05, 0.1) is 18.4 Å². The molecule has 1 aliphatic carbocycles. The van der Waals surface area contributed by atoms with Gasteiger partial charge in [0, 0.05) is 18.0 Å². The molecule has 0 N–H and O–H groups in total. The lowest BCUT2D eigenvalue weighted by molar-refractivity contribution is -0.511. The van der Waals surface area contributed by atoms with Crippen molar-refractivity contribution in [2.24, 2.45) is 17.3 Å². The van der Waals surface area contributed by atoms with Crippen molar-refractivity contribution in [3.8, 4) is 0 Å². The number of hydrogen-bond acceptors (Lipinski definition) is 6. The number of hydrogen-bond donors (Lipinski definition) is 0. The minimum Gasteiger partial charge on any atom is -0.466 e. The summed E-state index contributed by atoms with van der Waals surface area (Å²) in [5.41, 5.74) is 0.185. The molecule has 2 heterocycles. The van der Waals surface area contributed by atoms with E-state index in [1.54, 1.807) is 11.8 Å². The Kier molecular flexibility index (Phi) is 5.62. The number of benzene rings is 1. The van der Waals surface area contributed by atoms with E-state index < -0.39 is 17.5 Å². The van der Waals surface area contributed by atoms with Gasteiger partial charge in [-0.25, -0.2) is 4.79 Å². The van der Waals surface area contributed by atoms with Gasteiger partial charge < -0.3 is 14.4 Å². The van der Waals surface area contributed by atoms with Gasteiger partial charge >= 0.3 is 12.1 Å². The Morgan fingerprint density at radius 2 is 1.89 bits per heavy atom. The molecule has 2 aliphatic heterocycles. The number of nitrogens with zero attached hydrogens (tertiary/aromatic N) is 2. The van der Waals surface area contributed by atoms with E-state index in [-0.39, 0.29) is 42.9 Å².